The Morgan fingerprint density at radius 1 is 1.61 bits per heavy atom. The standard InChI is InChI=1S/C10H14N4O3S/c1-18-10(2-3-10)6-11-8(15)5-14-4-7(9(16)17)12-13-14/h4H,2-3,5-6H2,1H3,(H,11,15)(H,16,17). The third-order valence-electron chi connectivity index (χ3n) is 2.91. The monoisotopic (exact) mass is 270 g/mol. The molecule has 18 heavy (non-hydrogen) atoms. The summed E-state index contributed by atoms with van der Waals surface area (Å²) in [7, 11) is 0. The molecule has 0 radical (unpaired) electrons. The zero-order chi connectivity index (χ0) is 13.2. The molecule has 0 atom stereocenters. The maximum atomic E-state index is 11.6. The van der Waals surface area contributed by atoms with Gasteiger partial charge in [0.25, 0.3) is 0 Å². The molecule has 0 aliphatic heterocycles. The number of carboxylic acids is 1. The van der Waals surface area contributed by atoms with Crippen molar-refractivity contribution in [3.05, 3.63) is 11.9 Å². The van der Waals surface area contributed by atoms with Crippen LogP contribution in [0.4, 0.5) is 0 Å². The minimum atomic E-state index is -1.15. The molecule has 1 aromatic rings. The zero-order valence-corrected chi connectivity index (χ0v) is 10.7. The lowest BCUT2D eigenvalue weighted by atomic mass is 10.4. The summed E-state index contributed by atoms with van der Waals surface area (Å²) in [5, 5.41) is 18.5. The molecule has 0 unspecified atom stereocenters. The SMILES string of the molecule is CSC1(CNC(=O)Cn2cc(C(=O)O)nn2)CC1. The highest BCUT2D eigenvalue weighted by atomic mass is 32.2. The van der Waals surface area contributed by atoms with Crippen LogP contribution in [0.3, 0.4) is 0 Å². The Morgan fingerprint density at radius 3 is 2.83 bits per heavy atom. The number of aromatic carboxylic acids is 1. The minimum absolute atomic E-state index is 0.00919. The summed E-state index contributed by atoms with van der Waals surface area (Å²) >= 11 is 1.77. The molecule has 1 amide bonds. The molecule has 0 spiro atoms. The third-order valence-corrected chi connectivity index (χ3v) is 4.33. The van der Waals surface area contributed by atoms with Crippen LogP contribution in [-0.2, 0) is 11.3 Å². The molecule has 1 aliphatic carbocycles. The molecule has 1 saturated carbocycles. The summed E-state index contributed by atoms with van der Waals surface area (Å²) in [5.74, 6) is -1.34. The van der Waals surface area contributed by atoms with E-state index in [1.54, 1.807) is 11.8 Å². The zero-order valence-electron chi connectivity index (χ0n) is 9.92. The maximum Gasteiger partial charge on any atom is 0.358 e. The van der Waals surface area contributed by atoms with E-state index in [1.807, 2.05) is 6.26 Å². The molecule has 98 valence electrons. The van der Waals surface area contributed by atoms with Crippen molar-refractivity contribution in [3.63, 3.8) is 0 Å². The van der Waals surface area contributed by atoms with E-state index in [4.69, 9.17) is 5.11 Å². The van der Waals surface area contributed by atoms with E-state index in [0.717, 1.165) is 12.8 Å². The molecular formula is C10H14N4O3S. The lowest BCUT2D eigenvalue weighted by Gasteiger charge is -2.12. The number of hydrogen-bond donors (Lipinski definition) is 2. The van der Waals surface area contributed by atoms with E-state index in [2.05, 4.69) is 15.6 Å². The van der Waals surface area contributed by atoms with Gasteiger partial charge in [-0.25, -0.2) is 9.48 Å². The van der Waals surface area contributed by atoms with E-state index >= 15 is 0 Å². The fourth-order valence-corrected chi connectivity index (χ4v) is 2.26. The van der Waals surface area contributed by atoms with E-state index in [-0.39, 0.29) is 22.9 Å². The van der Waals surface area contributed by atoms with Gasteiger partial charge < -0.3 is 10.4 Å². The first-order valence-corrected chi connectivity index (χ1v) is 6.72. The topological polar surface area (TPSA) is 97.1 Å². The number of rotatable bonds is 6. The minimum Gasteiger partial charge on any atom is -0.476 e. The molecule has 0 bridgehead atoms. The summed E-state index contributed by atoms with van der Waals surface area (Å²) < 4.78 is 1.43. The van der Waals surface area contributed by atoms with Gasteiger partial charge in [-0.1, -0.05) is 5.21 Å². The van der Waals surface area contributed by atoms with Crippen LogP contribution in [0.2, 0.25) is 0 Å². The highest BCUT2D eigenvalue weighted by Crippen LogP contribution is 2.46. The van der Waals surface area contributed by atoms with Crippen molar-refractivity contribution in [3.8, 4) is 0 Å². The quantitative estimate of drug-likeness (QED) is 0.754. The van der Waals surface area contributed by atoms with Crippen molar-refractivity contribution in [1.82, 2.24) is 20.3 Å². The first-order chi connectivity index (χ1) is 8.54. The van der Waals surface area contributed by atoms with Crippen molar-refractivity contribution in [2.45, 2.75) is 24.1 Å². The van der Waals surface area contributed by atoms with E-state index in [9.17, 15) is 9.59 Å². The van der Waals surface area contributed by atoms with Crippen LogP contribution in [0.15, 0.2) is 6.20 Å². The molecule has 0 aromatic carbocycles. The van der Waals surface area contributed by atoms with Crippen LogP contribution < -0.4 is 5.32 Å². The Balaban J connectivity index is 1.81. The smallest absolute Gasteiger partial charge is 0.358 e. The summed E-state index contributed by atoms with van der Waals surface area (Å²) in [6, 6.07) is 0. The van der Waals surface area contributed by atoms with Gasteiger partial charge >= 0.3 is 5.97 Å². The van der Waals surface area contributed by atoms with Crippen molar-refractivity contribution < 1.29 is 14.7 Å². The van der Waals surface area contributed by atoms with Crippen LogP contribution in [0.1, 0.15) is 23.3 Å². The van der Waals surface area contributed by atoms with Crippen LogP contribution >= 0.6 is 11.8 Å². The Morgan fingerprint density at radius 2 is 2.33 bits per heavy atom. The van der Waals surface area contributed by atoms with Crippen LogP contribution in [-0.4, -0.2) is 49.5 Å². The lowest BCUT2D eigenvalue weighted by Crippen LogP contribution is -2.34. The molecule has 0 saturated heterocycles. The second-order valence-electron chi connectivity index (χ2n) is 4.27. The Bertz CT molecular complexity index is 469. The van der Waals surface area contributed by atoms with Gasteiger partial charge in [0.05, 0.1) is 6.20 Å². The number of hydrogen-bond acceptors (Lipinski definition) is 5. The van der Waals surface area contributed by atoms with Gasteiger partial charge in [-0.15, -0.1) is 5.10 Å². The summed E-state index contributed by atoms with van der Waals surface area (Å²) in [6.45, 7) is 0.637. The molecule has 8 heteroatoms. The fourth-order valence-electron chi connectivity index (χ4n) is 1.53. The van der Waals surface area contributed by atoms with E-state index < -0.39 is 5.97 Å². The predicted molar refractivity (Wildman–Crippen MR) is 65.5 cm³/mol. The predicted octanol–water partition coefficient (Wildman–Crippen LogP) is -0.0119. The van der Waals surface area contributed by atoms with Gasteiger partial charge in [0, 0.05) is 11.3 Å². The number of amides is 1. The maximum absolute atomic E-state index is 11.6. The molecule has 1 aromatic heterocycles. The molecular weight excluding hydrogens is 256 g/mol. The molecule has 2 N–H and O–H groups in total. The molecule has 1 fully saturated rings. The normalized spacial score (nSPS) is 16.3. The Hall–Kier alpha value is -1.57. The highest BCUT2D eigenvalue weighted by Gasteiger charge is 2.41. The Labute approximate surface area is 108 Å². The average Bonchev–Trinajstić information content (AvgIpc) is 2.98. The largest absolute Gasteiger partial charge is 0.476 e. The second kappa shape index (κ2) is 4.97. The second-order valence-corrected chi connectivity index (χ2v) is 5.54. The highest BCUT2D eigenvalue weighted by molar-refractivity contribution is 8.00. The van der Waals surface area contributed by atoms with Gasteiger partial charge in [0.2, 0.25) is 5.91 Å². The average molecular weight is 270 g/mol. The van der Waals surface area contributed by atoms with Gasteiger partial charge in [-0.3, -0.25) is 4.79 Å². The van der Waals surface area contributed by atoms with Crippen LogP contribution in [0.5, 0.6) is 0 Å². The molecule has 7 nitrogen and oxygen atoms in total. The molecule has 1 heterocycles. The lowest BCUT2D eigenvalue weighted by molar-refractivity contribution is -0.121. The van der Waals surface area contributed by atoms with Crippen LogP contribution in [0, 0.1) is 0 Å². The molecule has 1 aliphatic rings. The summed E-state index contributed by atoms with van der Waals surface area (Å²) in [5.41, 5.74) is -0.162. The fraction of sp³-hybridized carbons (Fsp3) is 0.600. The third kappa shape index (κ3) is 3.00. The van der Waals surface area contributed by atoms with Crippen molar-refractivity contribution >= 4 is 23.6 Å². The number of nitrogens with one attached hydrogen (secondary N) is 1. The van der Waals surface area contributed by atoms with Crippen molar-refractivity contribution in [2.75, 3.05) is 12.8 Å². The van der Waals surface area contributed by atoms with E-state index in [1.165, 1.54) is 10.9 Å². The number of aromatic nitrogens is 3. The first-order valence-electron chi connectivity index (χ1n) is 5.50. The van der Waals surface area contributed by atoms with Gasteiger partial charge in [0.15, 0.2) is 5.69 Å². The number of carbonyl (C=O) groups is 2. The van der Waals surface area contributed by atoms with Crippen LogP contribution in [0.25, 0.3) is 0 Å². The molecule has 2 rings (SSSR count). The Kier molecular flexibility index (Phi) is 3.55. The van der Waals surface area contributed by atoms with Crippen molar-refractivity contribution in [2.24, 2.45) is 0 Å². The number of nitrogens with zero attached hydrogens (tertiary/aromatic N) is 3. The number of thioether (sulfide) groups is 1. The number of carboxylic acid groups (broad SMARTS) is 1. The van der Waals surface area contributed by atoms with E-state index in [0.29, 0.717) is 6.54 Å². The first kappa shape index (κ1) is 12.9. The van der Waals surface area contributed by atoms with Gasteiger partial charge in [-0.05, 0) is 19.1 Å². The van der Waals surface area contributed by atoms with Gasteiger partial charge in [-0.2, -0.15) is 11.8 Å². The number of carbonyl (C=O) groups excluding carboxylic acids is 1. The van der Waals surface area contributed by atoms with Crippen molar-refractivity contribution in [1.29, 1.82) is 0 Å². The van der Waals surface area contributed by atoms with Gasteiger partial charge in [0.1, 0.15) is 6.54 Å². The summed E-state index contributed by atoms with van der Waals surface area (Å²) in [6.07, 6.45) is 5.53. The summed E-state index contributed by atoms with van der Waals surface area (Å²) in [4.78, 5) is 22.2.